The van der Waals surface area contributed by atoms with E-state index in [1.807, 2.05) is 0 Å². The van der Waals surface area contributed by atoms with Crippen LogP contribution in [0.15, 0.2) is 64.7 Å². The van der Waals surface area contributed by atoms with Gasteiger partial charge in [-0.25, -0.2) is 23.2 Å². The summed E-state index contributed by atoms with van der Waals surface area (Å²) in [6.07, 6.45) is 1.38. The minimum absolute atomic E-state index is 0.151. The Balaban J connectivity index is 1.86. The van der Waals surface area contributed by atoms with Crippen LogP contribution in [0.2, 0.25) is 5.02 Å². The summed E-state index contributed by atoms with van der Waals surface area (Å²) in [4.78, 5) is 8.52. The molecule has 0 saturated heterocycles. The Hall–Kier alpha value is -3.04. The van der Waals surface area contributed by atoms with Crippen molar-refractivity contribution < 1.29 is 12.8 Å². The van der Waals surface area contributed by atoms with E-state index in [0.29, 0.717) is 11.4 Å². The largest absolute Gasteiger partial charge is 0.338 e. The Morgan fingerprint density at radius 3 is 2.48 bits per heavy atom. The molecule has 31 heavy (non-hydrogen) atoms. The van der Waals surface area contributed by atoms with E-state index in [1.165, 1.54) is 24.4 Å². The molecule has 3 rings (SSSR count). The zero-order valence-corrected chi connectivity index (χ0v) is 18.7. The van der Waals surface area contributed by atoms with E-state index < -0.39 is 15.1 Å². The summed E-state index contributed by atoms with van der Waals surface area (Å²) in [6.45, 7) is 4.99. The molecule has 2 N–H and O–H groups in total. The molecular formula is C21H21ClFN5O2S. The lowest BCUT2D eigenvalue weighted by Crippen LogP contribution is -2.15. The van der Waals surface area contributed by atoms with E-state index in [4.69, 9.17) is 11.6 Å². The van der Waals surface area contributed by atoms with Crippen LogP contribution in [-0.2, 0) is 9.84 Å². The van der Waals surface area contributed by atoms with E-state index in [2.05, 4.69) is 25.8 Å². The van der Waals surface area contributed by atoms with E-state index in [0.717, 1.165) is 5.56 Å². The van der Waals surface area contributed by atoms with Gasteiger partial charge in [0.25, 0.3) is 0 Å². The molecule has 7 nitrogen and oxygen atoms in total. The lowest BCUT2D eigenvalue weighted by atomic mass is 10.1. The molecule has 0 unspecified atom stereocenters. The van der Waals surface area contributed by atoms with E-state index in [-0.39, 0.29) is 27.5 Å². The molecule has 1 aromatic heterocycles. The molecule has 0 atom stereocenters. The SMILES string of the molecule is CC(=NNc1ncc(Cl)c(Nc2ccccc2S(=O)(=O)C(C)C)n1)c1ccc(F)cc1. The monoisotopic (exact) mass is 461 g/mol. The van der Waals surface area contributed by atoms with Crippen molar-refractivity contribution in [2.24, 2.45) is 5.10 Å². The van der Waals surface area contributed by atoms with Crippen LogP contribution < -0.4 is 10.7 Å². The fourth-order valence-corrected chi connectivity index (χ4v) is 3.94. The van der Waals surface area contributed by atoms with E-state index in [9.17, 15) is 12.8 Å². The van der Waals surface area contributed by atoms with Crippen LogP contribution >= 0.6 is 11.6 Å². The van der Waals surface area contributed by atoms with Gasteiger partial charge >= 0.3 is 0 Å². The number of hydrogen-bond acceptors (Lipinski definition) is 7. The molecule has 0 fully saturated rings. The predicted octanol–water partition coefficient (Wildman–Crippen LogP) is 5.03. The fraction of sp³-hybridized carbons (Fsp3) is 0.190. The number of hydrogen-bond donors (Lipinski definition) is 2. The van der Waals surface area contributed by atoms with Crippen molar-refractivity contribution in [3.63, 3.8) is 0 Å². The van der Waals surface area contributed by atoms with Gasteiger partial charge in [-0.05, 0) is 50.6 Å². The summed E-state index contributed by atoms with van der Waals surface area (Å²) in [6, 6.07) is 12.4. The maximum absolute atomic E-state index is 13.1. The molecule has 2 aromatic carbocycles. The first-order valence-electron chi connectivity index (χ1n) is 9.37. The van der Waals surface area contributed by atoms with Gasteiger partial charge in [0.05, 0.1) is 27.7 Å². The van der Waals surface area contributed by atoms with Crippen molar-refractivity contribution in [2.75, 3.05) is 10.7 Å². The zero-order valence-electron chi connectivity index (χ0n) is 17.1. The van der Waals surface area contributed by atoms with Crippen LogP contribution in [0.5, 0.6) is 0 Å². The Morgan fingerprint density at radius 1 is 1.13 bits per heavy atom. The Morgan fingerprint density at radius 2 is 1.81 bits per heavy atom. The quantitative estimate of drug-likeness (QED) is 0.378. The van der Waals surface area contributed by atoms with E-state index >= 15 is 0 Å². The van der Waals surface area contributed by atoms with E-state index in [1.54, 1.807) is 51.1 Å². The summed E-state index contributed by atoms with van der Waals surface area (Å²) < 4.78 is 38.4. The molecule has 0 amide bonds. The van der Waals surface area contributed by atoms with Crippen LogP contribution in [0.4, 0.5) is 21.8 Å². The number of rotatable bonds is 7. The zero-order chi connectivity index (χ0) is 22.6. The normalized spacial score (nSPS) is 12.1. The van der Waals surface area contributed by atoms with Gasteiger partial charge in [-0.3, -0.25) is 0 Å². The number of nitrogens with one attached hydrogen (secondary N) is 2. The molecule has 162 valence electrons. The minimum atomic E-state index is -3.52. The van der Waals surface area contributed by atoms with Gasteiger partial charge in [-0.1, -0.05) is 35.9 Å². The van der Waals surface area contributed by atoms with Gasteiger partial charge in [0.2, 0.25) is 5.95 Å². The minimum Gasteiger partial charge on any atom is -0.338 e. The summed E-state index contributed by atoms with van der Waals surface area (Å²) >= 11 is 6.21. The van der Waals surface area contributed by atoms with Gasteiger partial charge in [0.1, 0.15) is 10.8 Å². The molecule has 0 radical (unpaired) electrons. The first-order valence-corrected chi connectivity index (χ1v) is 11.3. The first kappa shape index (κ1) is 22.6. The highest BCUT2D eigenvalue weighted by Gasteiger charge is 2.23. The average molecular weight is 462 g/mol. The van der Waals surface area contributed by atoms with Gasteiger partial charge < -0.3 is 5.32 Å². The molecule has 1 heterocycles. The number of sulfone groups is 1. The Kier molecular flexibility index (Phi) is 6.87. The third kappa shape index (κ3) is 5.36. The number of para-hydroxylation sites is 1. The van der Waals surface area contributed by atoms with Crippen LogP contribution in [0.1, 0.15) is 26.3 Å². The Bertz CT molecular complexity index is 1210. The van der Waals surface area contributed by atoms with Crippen molar-refractivity contribution in [3.8, 4) is 0 Å². The number of nitrogens with zero attached hydrogens (tertiary/aromatic N) is 3. The molecule has 3 aromatic rings. The molecule has 10 heteroatoms. The second kappa shape index (κ2) is 9.40. The second-order valence-corrected chi connectivity index (χ2v) is 9.80. The maximum atomic E-state index is 13.1. The van der Waals surface area contributed by atoms with Crippen molar-refractivity contribution in [3.05, 3.63) is 71.1 Å². The van der Waals surface area contributed by atoms with Gasteiger partial charge in [-0.15, -0.1) is 0 Å². The number of halogens is 2. The third-order valence-electron chi connectivity index (χ3n) is 4.40. The molecule has 0 aliphatic carbocycles. The highest BCUT2D eigenvalue weighted by molar-refractivity contribution is 7.92. The number of benzene rings is 2. The molecule has 0 saturated carbocycles. The summed E-state index contributed by atoms with van der Waals surface area (Å²) in [7, 11) is -3.52. The second-order valence-electron chi connectivity index (χ2n) is 6.92. The Labute approximate surface area is 185 Å². The van der Waals surface area contributed by atoms with Crippen molar-refractivity contribution in [1.29, 1.82) is 0 Å². The van der Waals surface area contributed by atoms with Crippen molar-refractivity contribution in [2.45, 2.75) is 30.9 Å². The lowest BCUT2D eigenvalue weighted by molar-refractivity contribution is 0.587. The summed E-state index contributed by atoms with van der Waals surface area (Å²) in [5.41, 5.74) is 4.41. The molecule has 0 aliphatic rings. The van der Waals surface area contributed by atoms with Crippen molar-refractivity contribution >= 4 is 44.6 Å². The van der Waals surface area contributed by atoms with Crippen molar-refractivity contribution in [1.82, 2.24) is 9.97 Å². The number of anilines is 3. The number of aromatic nitrogens is 2. The lowest BCUT2D eigenvalue weighted by Gasteiger charge is -2.15. The topological polar surface area (TPSA) is 96.3 Å². The van der Waals surface area contributed by atoms with Crippen LogP contribution in [0.3, 0.4) is 0 Å². The molecule has 0 aliphatic heterocycles. The molecule has 0 spiro atoms. The summed E-state index contributed by atoms with van der Waals surface area (Å²) in [5.74, 6) is 0.0405. The predicted molar refractivity (Wildman–Crippen MR) is 121 cm³/mol. The highest BCUT2D eigenvalue weighted by Crippen LogP contribution is 2.30. The molecular weight excluding hydrogens is 441 g/mol. The van der Waals surface area contributed by atoms with Crippen LogP contribution in [0, 0.1) is 5.82 Å². The fourth-order valence-electron chi connectivity index (χ4n) is 2.60. The first-order chi connectivity index (χ1) is 14.7. The molecule has 0 bridgehead atoms. The third-order valence-corrected chi connectivity index (χ3v) is 6.88. The van der Waals surface area contributed by atoms with Gasteiger partial charge in [-0.2, -0.15) is 10.1 Å². The number of hydrazone groups is 1. The highest BCUT2D eigenvalue weighted by atomic mass is 35.5. The maximum Gasteiger partial charge on any atom is 0.245 e. The smallest absolute Gasteiger partial charge is 0.245 e. The average Bonchev–Trinajstić information content (AvgIpc) is 2.74. The van der Waals surface area contributed by atoms with Gasteiger partial charge in [0.15, 0.2) is 15.7 Å². The van der Waals surface area contributed by atoms with Crippen LogP contribution in [0.25, 0.3) is 0 Å². The van der Waals surface area contributed by atoms with Crippen LogP contribution in [-0.4, -0.2) is 29.3 Å². The summed E-state index contributed by atoms with van der Waals surface area (Å²) in [5, 5.41) is 6.80. The van der Waals surface area contributed by atoms with Gasteiger partial charge in [0, 0.05) is 0 Å². The standard InChI is InChI=1S/C21H21ClFN5O2S/c1-13(2)31(29,30)19-7-5-4-6-18(19)25-20-17(22)12-24-21(26-20)28-27-14(3)15-8-10-16(23)11-9-15/h4-13H,1-3H3,(H2,24,25,26,28).